The summed E-state index contributed by atoms with van der Waals surface area (Å²) in [5, 5.41) is 6.02. The van der Waals surface area contributed by atoms with Crippen LogP contribution < -0.4 is 15.5 Å². The van der Waals surface area contributed by atoms with Crippen LogP contribution in [0.15, 0.2) is 42.0 Å². The van der Waals surface area contributed by atoms with Crippen molar-refractivity contribution in [2.24, 2.45) is 5.10 Å². The third-order valence-corrected chi connectivity index (χ3v) is 2.09. The minimum absolute atomic E-state index is 0.228. The molecule has 2 amide bonds. The SMILES string of the molecule is C=CCNC(=O)C(=O)NN=Cc1cccc(OC)c1. The topological polar surface area (TPSA) is 79.8 Å². The maximum atomic E-state index is 11.3. The van der Waals surface area contributed by atoms with Crippen LogP contribution in [0.3, 0.4) is 0 Å². The van der Waals surface area contributed by atoms with Gasteiger partial charge in [0.05, 0.1) is 13.3 Å². The molecule has 0 heterocycles. The molecule has 1 aromatic carbocycles. The largest absolute Gasteiger partial charge is 0.497 e. The van der Waals surface area contributed by atoms with Gasteiger partial charge in [-0.1, -0.05) is 18.2 Å². The molecule has 1 aromatic rings. The number of methoxy groups -OCH3 is 1. The van der Waals surface area contributed by atoms with Crippen molar-refractivity contribution >= 4 is 18.0 Å². The van der Waals surface area contributed by atoms with Gasteiger partial charge in [0.1, 0.15) is 5.75 Å². The predicted molar refractivity (Wildman–Crippen MR) is 71.9 cm³/mol. The minimum Gasteiger partial charge on any atom is -0.497 e. The standard InChI is InChI=1S/C13H15N3O3/c1-3-7-14-12(17)13(18)16-15-9-10-5-4-6-11(8-10)19-2/h3-6,8-9H,1,7H2,2H3,(H,14,17)(H,16,18). The van der Waals surface area contributed by atoms with Crippen LogP contribution in [0.25, 0.3) is 0 Å². The third-order valence-electron chi connectivity index (χ3n) is 2.09. The Hall–Kier alpha value is -2.63. The Kier molecular flexibility index (Phi) is 5.81. The molecular weight excluding hydrogens is 246 g/mol. The molecule has 0 spiro atoms. The maximum Gasteiger partial charge on any atom is 0.329 e. The van der Waals surface area contributed by atoms with E-state index < -0.39 is 11.8 Å². The molecule has 1 rings (SSSR count). The second-order valence-corrected chi connectivity index (χ2v) is 3.47. The number of nitrogens with one attached hydrogen (secondary N) is 2. The fourth-order valence-electron chi connectivity index (χ4n) is 1.18. The molecule has 0 radical (unpaired) electrons. The average Bonchev–Trinajstić information content (AvgIpc) is 2.44. The van der Waals surface area contributed by atoms with Gasteiger partial charge < -0.3 is 10.1 Å². The first kappa shape index (κ1) is 14.4. The van der Waals surface area contributed by atoms with E-state index in [0.717, 1.165) is 5.56 Å². The van der Waals surface area contributed by atoms with Gasteiger partial charge in [-0.15, -0.1) is 6.58 Å². The van der Waals surface area contributed by atoms with Gasteiger partial charge in [-0.3, -0.25) is 9.59 Å². The van der Waals surface area contributed by atoms with Crippen molar-refractivity contribution in [1.82, 2.24) is 10.7 Å². The van der Waals surface area contributed by atoms with Crippen LogP contribution in [0.2, 0.25) is 0 Å². The van der Waals surface area contributed by atoms with E-state index in [9.17, 15) is 9.59 Å². The minimum atomic E-state index is -0.832. The molecule has 0 aliphatic heterocycles. The number of carbonyl (C=O) groups is 2. The molecule has 0 unspecified atom stereocenters. The zero-order valence-corrected chi connectivity index (χ0v) is 10.6. The molecule has 2 N–H and O–H groups in total. The van der Waals surface area contributed by atoms with Crippen molar-refractivity contribution in [3.8, 4) is 5.75 Å². The number of ether oxygens (including phenoxy) is 1. The Morgan fingerprint density at radius 3 is 2.89 bits per heavy atom. The molecule has 0 aliphatic carbocycles. The Morgan fingerprint density at radius 1 is 1.42 bits per heavy atom. The summed E-state index contributed by atoms with van der Waals surface area (Å²) in [5.74, 6) is -0.914. The van der Waals surface area contributed by atoms with Crippen molar-refractivity contribution in [3.63, 3.8) is 0 Å². The van der Waals surface area contributed by atoms with Crippen LogP contribution in [0, 0.1) is 0 Å². The number of nitrogens with zero attached hydrogens (tertiary/aromatic N) is 1. The van der Waals surface area contributed by atoms with Gasteiger partial charge in [-0.2, -0.15) is 5.10 Å². The van der Waals surface area contributed by atoms with E-state index in [0.29, 0.717) is 5.75 Å². The first-order valence-electron chi connectivity index (χ1n) is 5.53. The van der Waals surface area contributed by atoms with Crippen LogP contribution in [0.5, 0.6) is 5.75 Å². The zero-order valence-electron chi connectivity index (χ0n) is 10.6. The summed E-state index contributed by atoms with van der Waals surface area (Å²) in [6.07, 6.45) is 2.89. The van der Waals surface area contributed by atoms with E-state index in [2.05, 4.69) is 22.4 Å². The van der Waals surface area contributed by atoms with Gasteiger partial charge in [0.25, 0.3) is 0 Å². The van der Waals surface area contributed by atoms with Crippen molar-refractivity contribution in [3.05, 3.63) is 42.5 Å². The van der Waals surface area contributed by atoms with E-state index in [1.54, 1.807) is 31.4 Å². The second kappa shape index (κ2) is 7.65. The smallest absolute Gasteiger partial charge is 0.329 e. The number of benzene rings is 1. The summed E-state index contributed by atoms with van der Waals surface area (Å²) in [5.41, 5.74) is 2.86. The van der Waals surface area contributed by atoms with E-state index >= 15 is 0 Å². The predicted octanol–water partition coefficient (Wildman–Crippen LogP) is 0.447. The van der Waals surface area contributed by atoms with Crippen LogP contribution in [0.4, 0.5) is 0 Å². The highest BCUT2D eigenvalue weighted by Crippen LogP contribution is 2.10. The van der Waals surface area contributed by atoms with Crippen molar-refractivity contribution in [1.29, 1.82) is 0 Å². The summed E-state index contributed by atoms with van der Waals surface area (Å²) >= 11 is 0. The molecule has 6 nitrogen and oxygen atoms in total. The van der Waals surface area contributed by atoms with E-state index in [1.807, 2.05) is 0 Å². The molecule has 0 saturated heterocycles. The Balaban J connectivity index is 2.50. The molecule has 6 heteroatoms. The molecule has 0 bridgehead atoms. The summed E-state index contributed by atoms with van der Waals surface area (Å²) in [6.45, 7) is 3.65. The second-order valence-electron chi connectivity index (χ2n) is 3.47. The lowest BCUT2D eigenvalue weighted by atomic mass is 10.2. The summed E-state index contributed by atoms with van der Waals surface area (Å²) in [7, 11) is 1.56. The number of hydrazone groups is 1. The lowest BCUT2D eigenvalue weighted by Crippen LogP contribution is -2.37. The average molecular weight is 261 g/mol. The Bertz CT molecular complexity index is 498. The fourth-order valence-corrected chi connectivity index (χ4v) is 1.18. The monoisotopic (exact) mass is 261 g/mol. The molecule has 0 aliphatic rings. The first-order chi connectivity index (χ1) is 9.17. The summed E-state index contributed by atoms with van der Waals surface area (Å²) in [4.78, 5) is 22.4. The van der Waals surface area contributed by atoms with Gasteiger partial charge in [0.15, 0.2) is 0 Å². The number of hydrogen-bond acceptors (Lipinski definition) is 4. The number of amides is 2. The molecular formula is C13H15N3O3. The molecule has 19 heavy (non-hydrogen) atoms. The normalized spacial score (nSPS) is 9.95. The van der Waals surface area contributed by atoms with Gasteiger partial charge in [0, 0.05) is 6.54 Å². The van der Waals surface area contributed by atoms with Gasteiger partial charge in [-0.05, 0) is 17.7 Å². The third kappa shape index (κ3) is 5.03. The van der Waals surface area contributed by atoms with E-state index in [1.165, 1.54) is 12.3 Å². The van der Waals surface area contributed by atoms with Gasteiger partial charge in [0.2, 0.25) is 0 Å². The molecule has 0 saturated carbocycles. The highest BCUT2D eigenvalue weighted by Gasteiger charge is 2.10. The van der Waals surface area contributed by atoms with Crippen LogP contribution >= 0.6 is 0 Å². The highest BCUT2D eigenvalue weighted by atomic mass is 16.5. The van der Waals surface area contributed by atoms with Gasteiger partial charge in [-0.25, -0.2) is 5.43 Å². The Labute approximate surface area is 111 Å². The quantitative estimate of drug-likeness (QED) is 0.349. The molecule has 0 atom stereocenters. The highest BCUT2D eigenvalue weighted by molar-refractivity contribution is 6.35. The lowest BCUT2D eigenvalue weighted by molar-refractivity contribution is -0.139. The van der Waals surface area contributed by atoms with Gasteiger partial charge >= 0.3 is 11.8 Å². The fraction of sp³-hybridized carbons (Fsp3) is 0.154. The molecule has 100 valence electrons. The first-order valence-corrected chi connectivity index (χ1v) is 5.53. The maximum absolute atomic E-state index is 11.3. The van der Waals surface area contributed by atoms with Crippen LogP contribution in [-0.4, -0.2) is 31.7 Å². The van der Waals surface area contributed by atoms with E-state index in [4.69, 9.17) is 4.74 Å². The number of carbonyl (C=O) groups excluding carboxylic acids is 2. The zero-order chi connectivity index (χ0) is 14.1. The van der Waals surface area contributed by atoms with Crippen molar-refractivity contribution in [2.75, 3.05) is 13.7 Å². The molecule has 0 aromatic heterocycles. The van der Waals surface area contributed by atoms with E-state index in [-0.39, 0.29) is 6.54 Å². The van der Waals surface area contributed by atoms with Crippen LogP contribution in [-0.2, 0) is 9.59 Å². The lowest BCUT2D eigenvalue weighted by Gasteiger charge is -2.01. The number of hydrogen-bond donors (Lipinski definition) is 2. The van der Waals surface area contributed by atoms with Crippen molar-refractivity contribution in [2.45, 2.75) is 0 Å². The summed E-state index contributed by atoms with van der Waals surface area (Å²) < 4.78 is 5.04. The molecule has 0 fully saturated rings. The number of rotatable bonds is 5. The Morgan fingerprint density at radius 2 is 2.21 bits per heavy atom. The van der Waals surface area contributed by atoms with Crippen LogP contribution in [0.1, 0.15) is 5.56 Å². The van der Waals surface area contributed by atoms with Crippen molar-refractivity contribution < 1.29 is 14.3 Å². The summed E-state index contributed by atoms with van der Waals surface area (Å²) in [6, 6.07) is 7.11.